The van der Waals surface area contributed by atoms with Crippen LogP contribution in [-0.4, -0.2) is 23.5 Å². The van der Waals surface area contributed by atoms with Crippen molar-refractivity contribution in [1.29, 1.82) is 0 Å². The summed E-state index contributed by atoms with van der Waals surface area (Å²) in [6.07, 6.45) is 7.62. The van der Waals surface area contributed by atoms with Crippen molar-refractivity contribution in [2.45, 2.75) is 38.1 Å². The summed E-state index contributed by atoms with van der Waals surface area (Å²) in [7, 11) is 0. The monoisotopic (exact) mass is 343 g/mol. The molecule has 1 aliphatic heterocycles. The number of hydrogen-bond acceptors (Lipinski definition) is 3. The fourth-order valence-corrected chi connectivity index (χ4v) is 3.09. The number of carbonyl (C=O) groups excluding carboxylic acids is 1. The zero-order valence-corrected chi connectivity index (χ0v) is 14.4. The van der Waals surface area contributed by atoms with E-state index in [-0.39, 0.29) is 5.91 Å². The van der Waals surface area contributed by atoms with Crippen LogP contribution in [0.4, 0.5) is 5.69 Å². The van der Waals surface area contributed by atoms with Gasteiger partial charge in [-0.3, -0.25) is 4.79 Å². The Bertz CT molecular complexity index is 664. The predicted molar refractivity (Wildman–Crippen MR) is 97.6 cm³/mol. The molecule has 1 atom stereocenters. The van der Waals surface area contributed by atoms with Crippen LogP contribution >= 0.6 is 11.6 Å². The van der Waals surface area contributed by atoms with Gasteiger partial charge in [-0.15, -0.1) is 0 Å². The minimum absolute atomic E-state index is 0.182. The summed E-state index contributed by atoms with van der Waals surface area (Å²) in [5.74, 6) is -0.182. The molecule has 2 heterocycles. The molecule has 5 heteroatoms. The molecule has 1 amide bonds. The number of rotatable bonds is 5. The molecule has 0 spiro atoms. The predicted octanol–water partition coefficient (Wildman–Crippen LogP) is 4.06. The first-order valence-corrected chi connectivity index (χ1v) is 8.84. The van der Waals surface area contributed by atoms with Gasteiger partial charge in [-0.25, -0.2) is 4.98 Å². The fraction of sp³-hybridized carbons (Fsp3) is 0.368. The first kappa shape index (κ1) is 16.9. The molecule has 0 saturated carbocycles. The standard InChI is InChI=1S/C19H22ClN3O/c20-18-11-7-15(13-22-18)19(24)23-17-9-5-14(6-10-17)4-8-16-3-1-2-12-21-16/h5-7,9-11,13,16,21H,1-4,8,12H2,(H,23,24). The molecule has 2 aromatic rings. The molecule has 24 heavy (non-hydrogen) atoms. The van der Waals surface area contributed by atoms with Crippen LogP contribution in [0.3, 0.4) is 0 Å². The van der Waals surface area contributed by atoms with E-state index in [0.29, 0.717) is 16.8 Å². The van der Waals surface area contributed by atoms with Gasteiger partial charge in [0.15, 0.2) is 0 Å². The summed E-state index contributed by atoms with van der Waals surface area (Å²) in [6, 6.07) is 12.0. The van der Waals surface area contributed by atoms with Crippen LogP contribution in [0.1, 0.15) is 41.6 Å². The zero-order chi connectivity index (χ0) is 16.8. The van der Waals surface area contributed by atoms with E-state index in [1.165, 1.54) is 37.4 Å². The van der Waals surface area contributed by atoms with Gasteiger partial charge in [0.05, 0.1) is 5.56 Å². The van der Waals surface area contributed by atoms with Gasteiger partial charge in [0.2, 0.25) is 0 Å². The summed E-state index contributed by atoms with van der Waals surface area (Å²) in [6.45, 7) is 1.15. The summed E-state index contributed by atoms with van der Waals surface area (Å²) in [5, 5.41) is 6.83. The Morgan fingerprint density at radius 1 is 1.21 bits per heavy atom. The molecule has 1 saturated heterocycles. The number of benzene rings is 1. The topological polar surface area (TPSA) is 54.0 Å². The average molecular weight is 344 g/mol. The summed E-state index contributed by atoms with van der Waals surface area (Å²) in [4.78, 5) is 16.1. The molecule has 1 unspecified atom stereocenters. The first-order valence-electron chi connectivity index (χ1n) is 8.46. The number of anilines is 1. The highest BCUT2D eigenvalue weighted by atomic mass is 35.5. The van der Waals surface area contributed by atoms with Crippen molar-refractivity contribution in [3.63, 3.8) is 0 Å². The number of nitrogens with zero attached hydrogens (tertiary/aromatic N) is 1. The average Bonchev–Trinajstić information content (AvgIpc) is 2.62. The van der Waals surface area contributed by atoms with E-state index in [0.717, 1.165) is 18.7 Å². The van der Waals surface area contributed by atoms with Gasteiger partial charge in [0.1, 0.15) is 5.15 Å². The van der Waals surface area contributed by atoms with E-state index in [9.17, 15) is 4.79 Å². The third kappa shape index (κ3) is 4.79. The third-order valence-electron chi connectivity index (χ3n) is 4.40. The van der Waals surface area contributed by atoms with Crippen molar-refractivity contribution < 1.29 is 4.79 Å². The maximum absolute atomic E-state index is 12.1. The van der Waals surface area contributed by atoms with Crippen molar-refractivity contribution >= 4 is 23.2 Å². The van der Waals surface area contributed by atoms with Crippen LogP contribution < -0.4 is 10.6 Å². The Morgan fingerprint density at radius 2 is 2.04 bits per heavy atom. The minimum Gasteiger partial charge on any atom is -0.322 e. The van der Waals surface area contributed by atoms with Gasteiger partial charge < -0.3 is 10.6 Å². The van der Waals surface area contributed by atoms with E-state index in [2.05, 4.69) is 27.8 Å². The van der Waals surface area contributed by atoms with Gasteiger partial charge in [0.25, 0.3) is 5.91 Å². The van der Waals surface area contributed by atoms with E-state index in [4.69, 9.17) is 11.6 Å². The quantitative estimate of drug-likeness (QED) is 0.805. The van der Waals surface area contributed by atoms with Crippen LogP contribution in [0.5, 0.6) is 0 Å². The molecule has 1 aliphatic rings. The molecule has 0 radical (unpaired) electrons. The van der Waals surface area contributed by atoms with Crippen LogP contribution in [0, 0.1) is 0 Å². The molecule has 0 bridgehead atoms. The Labute approximate surface area is 147 Å². The fourth-order valence-electron chi connectivity index (χ4n) is 2.98. The minimum atomic E-state index is -0.182. The van der Waals surface area contributed by atoms with Crippen molar-refractivity contribution in [2.24, 2.45) is 0 Å². The molecular formula is C19H22ClN3O. The van der Waals surface area contributed by atoms with Crippen LogP contribution in [0.25, 0.3) is 0 Å². The van der Waals surface area contributed by atoms with Gasteiger partial charge >= 0.3 is 0 Å². The Hall–Kier alpha value is -1.91. The molecular weight excluding hydrogens is 322 g/mol. The normalized spacial score (nSPS) is 17.5. The SMILES string of the molecule is O=C(Nc1ccc(CCC2CCCCN2)cc1)c1ccc(Cl)nc1. The molecule has 2 N–H and O–H groups in total. The molecule has 0 aliphatic carbocycles. The lowest BCUT2D eigenvalue weighted by Crippen LogP contribution is -2.34. The van der Waals surface area contributed by atoms with Crippen molar-refractivity contribution in [3.05, 3.63) is 58.9 Å². The smallest absolute Gasteiger partial charge is 0.257 e. The number of carbonyl (C=O) groups is 1. The summed E-state index contributed by atoms with van der Waals surface area (Å²) >= 11 is 5.73. The van der Waals surface area contributed by atoms with Crippen molar-refractivity contribution in [3.8, 4) is 0 Å². The molecule has 1 aromatic carbocycles. The number of nitrogens with one attached hydrogen (secondary N) is 2. The van der Waals surface area contributed by atoms with E-state index in [1.54, 1.807) is 12.1 Å². The highest BCUT2D eigenvalue weighted by molar-refractivity contribution is 6.29. The lowest BCUT2D eigenvalue weighted by Gasteiger charge is -2.23. The Kier molecular flexibility index (Phi) is 5.83. The Morgan fingerprint density at radius 3 is 2.71 bits per heavy atom. The van der Waals surface area contributed by atoms with Crippen molar-refractivity contribution in [1.82, 2.24) is 10.3 Å². The molecule has 3 rings (SSSR count). The van der Waals surface area contributed by atoms with Gasteiger partial charge in [-0.1, -0.05) is 30.2 Å². The Balaban J connectivity index is 1.52. The molecule has 1 aromatic heterocycles. The lowest BCUT2D eigenvalue weighted by molar-refractivity contribution is 0.102. The number of aromatic nitrogens is 1. The lowest BCUT2D eigenvalue weighted by atomic mass is 9.98. The number of piperidine rings is 1. The number of hydrogen-bond donors (Lipinski definition) is 2. The second-order valence-electron chi connectivity index (χ2n) is 6.21. The van der Waals surface area contributed by atoms with Gasteiger partial charge in [-0.2, -0.15) is 0 Å². The zero-order valence-electron chi connectivity index (χ0n) is 13.6. The second-order valence-corrected chi connectivity index (χ2v) is 6.59. The second kappa shape index (κ2) is 8.27. The third-order valence-corrected chi connectivity index (χ3v) is 4.62. The summed E-state index contributed by atoms with van der Waals surface area (Å²) < 4.78 is 0. The van der Waals surface area contributed by atoms with E-state index in [1.807, 2.05) is 12.1 Å². The van der Waals surface area contributed by atoms with Crippen molar-refractivity contribution in [2.75, 3.05) is 11.9 Å². The number of amides is 1. The van der Waals surface area contributed by atoms with Crippen LogP contribution in [0.15, 0.2) is 42.6 Å². The van der Waals surface area contributed by atoms with Gasteiger partial charge in [-0.05, 0) is 62.1 Å². The molecule has 1 fully saturated rings. The number of pyridine rings is 1. The number of halogens is 1. The summed E-state index contributed by atoms with van der Waals surface area (Å²) in [5.41, 5.74) is 2.58. The molecule has 126 valence electrons. The maximum Gasteiger partial charge on any atom is 0.257 e. The van der Waals surface area contributed by atoms with E-state index < -0.39 is 0 Å². The highest BCUT2D eigenvalue weighted by Crippen LogP contribution is 2.16. The van der Waals surface area contributed by atoms with E-state index >= 15 is 0 Å². The first-order chi connectivity index (χ1) is 11.7. The largest absolute Gasteiger partial charge is 0.322 e. The van der Waals surface area contributed by atoms with Gasteiger partial charge in [0, 0.05) is 17.9 Å². The van der Waals surface area contributed by atoms with Crippen LogP contribution in [0.2, 0.25) is 5.15 Å². The highest BCUT2D eigenvalue weighted by Gasteiger charge is 2.12. The maximum atomic E-state index is 12.1. The number of aryl methyl sites for hydroxylation is 1. The molecule has 4 nitrogen and oxygen atoms in total. The van der Waals surface area contributed by atoms with Crippen LogP contribution in [-0.2, 0) is 6.42 Å².